The fourth-order valence-electron chi connectivity index (χ4n) is 2.23. The average Bonchev–Trinajstić information content (AvgIpc) is 2.34. The van der Waals surface area contributed by atoms with Gasteiger partial charge in [0.1, 0.15) is 0 Å². The number of urea groups is 1. The lowest BCUT2D eigenvalue weighted by Crippen LogP contribution is -2.43. The van der Waals surface area contributed by atoms with Gasteiger partial charge in [0.25, 0.3) is 0 Å². The maximum absolute atomic E-state index is 11.6. The Morgan fingerprint density at radius 3 is 2.43 bits per heavy atom. The molecule has 2 amide bonds. The molecule has 3 N–H and O–H groups in total. The highest BCUT2D eigenvalue weighted by Crippen LogP contribution is 2.17. The minimum Gasteiger partial charge on any atom is -0.481 e. The number of carbonyl (C=O) groups excluding carboxylic acids is 1. The Morgan fingerprint density at radius 1 is 1.24 bits per heavy atom. The number of rotatable bonds is 11. The van der Waals surface area contributed by atoms with E-state index in [9.17, 15) is 13.8 Å². The summed E-state index contributed by atoms with van der Waals surface area (Å²) in [5, 5.41) is 14.2. The van der Waals surface area contributed by atoms with E-state index in [-0.39, 0.29) is 18.5 Å². The summed E-state index contributed by atoms with van der Waals surface area (Å²) in [5.41, 5.74) is 0. The maximum atomic E-state index is 11.6. The van der Waals surface area contributed by atoms with E-state index in [0.29, 0.717) is 24.6 Å². The topological polar surface area (TPSA) is 95.5 Å². The molecule has 6 nitrogen and oxygen atoms in total. The number of amides is 2. The Labute approximate surface area is 129 Å². The van der Waals surface area contributed by atoms with E-state index >= 15 is 0 Å². The van der Waals surface area contributed by atoms with Crippen molar-refractivity contribution in [2.75, 3.05) is 18.6 Å². The summed E-state index contributed by atoms with van der Waals surface area (Å²) >= 11 is 0. The second kappa shape index (κ2) is 11.5. The normalized spacial score (nSPS) is 15.0. The van der Waals surface area contributed by atoms with Crippen LogP contribution in [-0.2, 0) is 15.6 Å². The fourth-order valence-corrected chi connectivity index (χ4v) is 3.01. The van der Waals surface area contributed by atoms with E-state index in [1.165, 1.54) is 0 Å². The molecule has 0 spiro atoms. The molecule has 0 aromatic carbocycles. The van der Waals surface area contributed by atoms with Gasteiger partial charge in [0.05, 0.1) is 0 Å². The van der Waals surface area contributed by atoms with Crippen molar-refractivity contribution in [3.63, 3.8) is 0 Å². The molecule has 124 valence electrons. The van der Waals surface area contributed by atoms with Crippen molar-refractivity contribution in [2.45, 2.75) is 52.0 Å². The molecule has 0 bridgehead atoms. The second-order valence-corrected chi connectivity index (χ2v) is 6.90. The number of nitrogens with one attached hydrogen (secondary N) is 2. The highest BCUT2D eigenvalue weighted by Gasteiger charge is 2.12. The summed E-state index contributed by atoms with van der Waals surface area (Å²) < 4.78 is 11.0. The number of aliphatic carboxylic acids is 1. The lowest BCUT2D eigenvalue weighted by Gasteiger charge is -2.17. The van der Waals surface area contributed by atoms with Gasteiger partial charge in [-0.3, -0.25) is 9.00 Å². The van der Waals surface area contributed by atoms with Crippen molar-refractivity contribution in [1.29, 1.82) is 0 Å². The van der Waals surface area contributed by atoms with Crippen molar-refractivity contribution in [3.8, 4) is 0 Å². The Balaban J connectivity index is 3.93. The molecule has 21 heavy (non-hydrogen) atoms. The predicted octanol–water partition coefficient (Wildman–Crippen LogP) is 1.72. The van der Waals surface area contributed by atoms with Crippen LogP contribution in [0.2, 0.25) is 0 Å². The molecule has 7 heteroatoms. The van der Waals surface area contributed by atoms with E-state index in [1.807, 2.05) is 6.92 Å². The third-order valence-corrected chi connectivity index (χ3v) is 4.13. The highest BCUT2D eigenvalue weighted by atomic mass is 32.2. The summed E-state index contributed by atoms with van der Waals surface area (Å²) in [6, 6.07) is -0.393. The second-order valence-electron chi connectivity index (χ2n) is 5.42. The largest absolute Gasteiger partial charge is 0.481 e. The van der Waals surface area contributed by atoms with Gasteiger partial charge in [-0.2, -0.15) is 0 Å². The first kappa shape index (κ1) is 19.9. The zero-order valence-corrected chi connectivity index (χ0v) is 14.0. The van der Waals surface area contributed by atoms with Gasteiger partial charge in [0, 0.05) is 41.8 Å². The first-order valence-corrected chi connectivity index (χ1v) is 9.14. The van der Waals surface area contributed by atoms with Gasteiger partial charge in [0.2, 0.25) is 0 Å². The smallest absolute Gasteiger partial charge is 0.315 e. The molecule has 0 aromatic heterocycles. The number of carbonyl (C=O) groups is 2. The van der Waals surface area contributed by atoms with Crippen LogP contribution in [0.5, 0.6) is 0 Å². The summed E-state index contributed by atoms with van der Waals surface area (Å²) in [6.45, 7) is 4.41. The first-order valence-electron chi connectivity index (χ1n) is 7.41. The van der Waals surface area contributed by atoms with Crippen LogP contribution < -0.4 is 10.6 Å². The third kappa shape index (κ3) is 12.3. The Bertz CT molecular complexity index is 350. The van der Waals surface area contributed by atoms with Crippen LogP contribution in [0.4, 0.5) is 4.79 Å². The van der Waals surface area contributed by atoms with Gasteiger partial charge in [-0.15, -0.1) is 0 Å². The highest BCUT2D eigenvalue weighted by molar-refractivity contribution is 7.84. The van der Waals surface area contributed by atoms with E-state index < -0.39 is 16.8 Å². The van der Waals surface area contributed by atoms with Crippen LogP contribution in [0.25, 0.3) is 0 Å². The molecule has 0 aliphatic heterocycles. The molecule has 0 radical (unpaired) electrons. The van der Waals surface area contributed by atoms with E-state index in [0.717, 1.165) is 19.3 Å². The van der Waals surface area contributed by atoms with Crippen molar-refractivity contribution in [3.05, 3.63) is 0 Å². The summed E-state index contributed by atoms with van der Waals surface area (Å²) in [5.74, 6) is -0.0139. The standard InChI is InChI=1S/C14H28N2O4S/c1-4-5-12(6-7-13(17)18)8-9-15-14(19)16-11(2)10-21(3)20/h11-12H,4-10H2,1-3H3,(H,17,18)(H2,15,16,19). The minimum absolute atomic E-state index is 0.130. The van der Waals surface area contributed by atoms with Crippen LogP contribution in [-0.4, -0.2) is 45.9 Å². The summed E-state index contributed by atoms with van der Waals surface area (Å²) in [4.78, 5) is 22.2. The Morgan fingerprint density at radius 2 is 1.90 bits per heavy atom. The van der Waals surface area contributed by atoms with Crippen molar-refractivity contribution in [2.24, 2.45) is 5.92 Å². The van der Waals surface area contributed by atoms with E-state index in [1.54, 1.807) is 6.26 Å². The third-order valence-electron chi connectivity index (χ3n) is 3.16. The van der Waals surface area contributed by atoms with Crippen molar-refractivity contribution in [1.82, 2.24) is 10.6 Å². The molecule has 0 heterocycles. The van der Waals surface area contributed by atoms with Crippen molar-refractivity contribution < 1.29 is 18.9 Å². The number of carboxylic acid groups (broad SMARTS) is 1. The number of carboxylic acids is 1. The maximum Gasteiger partial charge on any atom is 0.315 e. The zero-order valence-electron chi connectivity index (χ0n) is 13.2. The van der Waals surface area contributed by atoms with Crippen LogP contribution in [0, 0.1) is 5.92 Å². The molecule has 0 rings (SSSR count). The number of hydrogen-bond donors (Lipinski definition) is 3. The molecule has 0 aliphatic rings. The van der Waals surface area contributed by atoms with Gasteiger partial charge < -0.3 is 15.7 Å². The van der Waals surface area contributed by atoms with Crippen LogP contribution in [0.1, 0.15) is 46.0 Å². The van der Waals surface area contributed by atoms with E-state index in [2.05, 4.69) is 17.6 Å². The molecular weight excluding hydrogens is 292 g/mol. The minimum atomic E-state index is -0.933. The molecule has 0 fully saturated rings. The van der Waals surface area contributed by atoms with Crippen LogP contribution in [0.3, 0.4) is 0 Å². The molecule has 0 saturated heterocycles. The summed E-state index contributed by atoms with van der Waals surface area (Å²) in [6.07, 6.45) is 5.20. The first-order chi connectivity index (χ1) is 9.85. The van der Waals surface area contributed by atoms with Gasteiger partial charge in [-0.25, -0.2) is 4.79 Å². The molecule has 0 saturated carbocycles. The monoisotopic (exact) mass is 320 g/mol. The lowest BCUT2D eigenvalue weighted by molar-refractivity contribution is -0.137. The molecule has 0 aromatic rings. The molecule has 3 unspecified atom stereocenters. The quantitative estimate of drug-likeness (QED) is 0.540. The molecular formula is C14H28N2O4S. The SMILES string of the molecule is CCCC(CCNC(=O)NC(C)CS(C)=O)CCC(=O)O. The van der Waals surface area contributed by atoms with Gasteiger partial charge in [-0.05, 0) is 25.7 Å². The average molecular weight is 320 g/mol. The van der Waals surface area contributed by atoms with Crippen LogP contribution >= 0.6 is 0 Å². The van der Waals surface area contributed by atoms with Crippen molar-refractivity contribution >= 4 is 22.8 Å². The number of hydrogen-bond acceptors (Lipinski definition) is 3. The fraction of sp³-hybridized carbons (Fsp3) is 0.857. The zero-order chi connectivity index (χ0) is 16.3. The Kier molecular flexibility index (Phi) is 10.9. The summed E-state index contributed by atoms with van der Waals surface area (Å²) in [7, 11) is -0.933. The van der Waals surface area contributed by atoms with Gasteiger partial charge in [0.15, 0.2) is 0 Å². The lowest BCUT2D eigenvalue weighted by atomic mass is 9.94. The van der Waals surface area contributed by atoms with E-state index in [4.69, 9.17) is 5.11 Å². The predicted molar refractivity (Wildman–Crippen MR) is 84.8 cm³/mol. The molecule has 0 aliphatic carbocycles. The van der Waals surface area contributed by atoms with Crippen LogP contribution in [0.15, 0.2) is 0 Å². The van der Waals surface area contributed by atoms with Gasteiger partial charge >= 0.3 is 12.0 Å². The molecule has 3 atom stereocenters. The van der Waals surface area contributed by atoms with Gasteiger partial charge in [-0.1, -0.05) is 19.8 Å². The Hall–Kier alpha value is -1.11.